The van der Waals surface area contributed by atoms with Gasteiger partial charge in [-0.25, -0.2) is 13.4 Å². The van der Waals surface area contributed by atoms with Crippen LogP contribution in [0, 0.1) is 0 Å². The van der Waals surface area contributed by atoms with Crippen LogP contribution in [0.5, 0.6) is 0 Å². The number of nitrogens with zero attached hydrogens (tertiary/aromatic N) is 3. The molecule has 1 saturated heterocycles. The van der Waals surface area contributed by atoms with Crippen LogP contribution in [0.4, 0.5) is 0 Å². The summed E-state index contributed by atoms with van der Waals surface area (Å²) < 4.78 is 27.3. The molecule has 10 heteroatoms. The monoisotopic (exact) mass is 418 g/mol. The van der Waals surface area contributed by atoms with E-state index in [9.17, 15) is 13.2 Å². The van der Waals surface area contributed by atoms with Gasteiger partial charge < -0.3 is 9.88 Å². The average molecular weight is 419 g/mol. The van der Waals surface area contributed by atoms with Gasteiger partial charge >= 0.3 is 0 Å². The zero-order chi connectivity index (χ0) is 16.4. The first kappa shape index (κ1) is 16.6. The average Bonchev–Trinajstić information content (AvgIpc) is 3.13. The van der Waals surface area contributed by atoms with Gasteiger partial charge in [-0.3, -0.25) is 4.79 Å². The molecular weight excluding hydrogens is 404 g/mol. The zero-order valence-electron chi connectivity index (χ0n) is 12.1. The summed E-state index contributed by atoms with van der Waals surface area (Å²) in [7, 11) is -3.58. The van der Waals surface area contributed by atoms with Gasteiger partial charge in [0, 0.05) is 36.0 Å². The Labute approximate surface area is 146 Å². The molecule has 0 unspecified atom stereocenters. The highest BCUT2D eigenvalue weighted by Crippen LogP contribution is 2.22. The van der Waals surface area contributed by atoms with Crippen LogP contribution in [0.1, 0.15) is 16.1 Å². The summed E-state index contributed by atoms with van der Waals surface area (Å²) in [6.45, 7) is 1.59. The van der Waals surface area contributed by atoms with Crippen molar-refractivity contribution in [2.75, 3.05) is 26.2 Å². The van der Waals surface area contributed by atoms with Gasteiger partial charge in [-0.1, -0.05) is 0 Å². The summed E-state index contributed by atoms with van der Waals surface area (Å²) >= 11 is 4.72. The third-order valence-electron chi connectivity index (χ3n) is 3.61. The maximum atomic E-state index is 12.5. The molecule has 3 rings (SSSR count). The van der Waals surface area contributed by atoms with E-state index in [1.807, 2.05) is 5.38 Å². The lowest BCUT2D eigenvalue weighted by Crippen LogP contribution is -2.37. The largest absolute Gasteiger partial charge is 0.337 e. The first-order chi connectivity index (χ1) is 11.0. The lowest BCUT2D eigenvalue weighted by molar-refractivity contribution is 0.0769. The van der Waals surface area contributed by atoms with Crippen LogP contribution in [0.25, 0.3) is 0 Å². The molecule has 1 amide bonds. The molecular formula is C13H15BrN4O3S2. The zero-order valence-corrected chi connectivity index (χ0v) is 15.3. The number of amides is 1. The Bertz CT molecular complexity index is 788. The Hall–Kier alpha value is -1.23. The van der Waals surface area contributed by atoms with Gasteiger partial charge in [-0.15, -0.1) is 11.3 Å². The SMILES string of the molecule is O=C(c1cc(Br)cs1)N1CCCN(S(=O)(=O)c2cnc[nH]2)CC1. The van der Waals surface area contributed by atoms with Crippen molar-refractivity contribution < 1.29 is 13.2 Å². The van der Waals surface area contributed by atoms with E-state index in [-0.39, 0.29) is 17.5 Å². The number of carbonyl (C=O) groups is 1. The molecule has 1 N–H and O–H groups in total. The lowest BCUT2D eigenvalue weighted by Gasteiger charge is -2.21. The molecule has 0 aliphatic carbocycles. The Kier molecular flexibility index (Phi) is 4.85. The molecule has 7 nitrogen and oxygen atoms in total. The van der Waals surface area contributed by atoms with Crippen molar-refractivity contribution in [3.8, 4) is 0 Å². The van der Waals surface area contributed by atoms with Crippen LogP contribution >= 0.6 is 27.3 Å². The van der Waals surface area contributed by atoms with E-state index in [0.717, 1.165) is 4.47 Å². The van der Waals surface area contributed by atoms with Gasteiger partial charge in [0.25, 0.3) is 15.9 Å². The maximum absolute atomic E-state index is 12.5. The maximum Gasteiger partial charge on any atom is 0.264 e. The van der Waals surface area contributed by atoms with Crippen molar-refractivity contribution in [1.29, 1.82) is 0 Å². The number of sulfonamides is 1. The van der Waals surface area contributed by atoms with E-state index in [2.05, 4.69) is 25.9 Å². The van der Waals surface area contributed by atoms with E-state index >= 15 is 0 Å². The number of halogens is 1. The van der Waals surface area contributed by atoms with E-state index in [0.29, 0.717) is 30.9 Å². The molecule has 0 spiro atoms. The van der Waals surface area contributed by atoms with Gasteiger partial charge in [-0.05, 0) is 28.4 Å². The molecule has 23 heavy (non-hydrogen) atoms. The van der Waals surface area contributed by atoms with Crippen LogP contribution in [0.15, 0.2) is 33.5 Å². The smallest absolute Gasteiger partial charge is 0.264 e. The van der Waals surface area contributed by atoms with Crippen molar-refractivity contribution >= 4 is 43.2 Å². The molecule has 0 atom stereocenters. The third-order valence-corrected chi connectivity index (χ3v) is 7.11. The molecule has 1 aliphatic heterocycles. The molecule has 2 aromatic heterocycles. The summed E-state index contributed by atoms with van der Waals surface area (Å²) in [6.07, 6.45) is 3.24. The lowest BCUT2D eigenvalue weighted by atomic mass is 10.3. The molecule has 0 bridgehead atoms. The highest BCUT2D eigenvalue weighted by atomic mass is 79.9. The Morgan fingerprint density at radius 2 is 2.13 bits per heavy atom. The van der Waals surface area contributed by atoms with Crippen LogP contribution in [-0.4, -0.2) is 59.7 Å². The van der Waals surface area contributed by atoms with Gasteiger partial charge in [-0.2, -0.15) is 4.31 Å². The molecule has 0 saturated carbocycles. The van der Waals surface area contributed by atoms with E-state index in [1.54, 1.807) is 11.0 Å². The predicted molar refractivity (Wildman–Crippen MR) is 89.9 cm³/mol. The number of aromatic amines is 1. The summed E-state index contributed by atoms with van der Waals surface area (Å²) in [6, 6.07) is 1.79. The van der Waals surface area contributed by atoms with Crippen molar-refractivity contribution in [2.45, 2.75) is 11.4 Å². The fraction of sp³-hybridized carbons (Fsp3) is 0.385. The number of hydrogen-bond acceptors (Lipinski definition) is 5. The first-order valence-electron chi connectivity index (χ1n) is 7.00. The Morgan fingerprint density at radius 3 is 2.78 bits per heavy atom. The summed E-state index contributed by atoms with van der Waals surface area (Å²) in [5, 5.41) is 1.94. The molecule has 2 aromatic rings. The number of imidazole rings is 1. The number of nitrogens with one attached hydrogen (secondary N) is 1. The second-order valence-corrected chi connectivity index (χ2v) is 8.83. The van der Waals surface area contributed by atoms with Crippen molar-refractivity contribution in [1.82, 2.24) is 19.2 Å². The topological polar surface area (TPSA) is 86.4 Å². The summed E-state index contributed by atoms with van der Waals surface area (Å²) in [5.74, 6) is -0.0542. The minimum Gasteiger partial charge on any atom is -0.337 e. The number of rotatable bonds is 3. The molecule has 124 valence electrons. The standard InChI is InChI=1S/C13H15BrN4O3S2/c14-10-6-11(22-8-10)13(19)17-2-1-3-18(5-4-17)23(20,21)12-7-15-9-16-12/h6-9H,1-5H2,(H,15,16). The fourth-order valence-corrected chi connectivity index (χ4v) is 5.20. The number of H-pyrrole nitrogens is 1. The van der Waals surface area contributed by atoms with Gasteiger partial charge in [0.1, 0.15) is 0 Å². The van der Waals surface area contributed by atoms with Gasteiger partial charge in [0.2, 0.25) is 0 Å². The quantitative estimate of drug-likeness (QED) is 0.822. The second-order valence-electron chi connectivity index (χ2n) is 5.09. The summed E-state index contributed by atoms with van der Waals surface area (Å²) in [5.41, 5.74) is 0. The van der Waals surface area contributed by atoms with Crippen molar-refractivity contribution in [3.05, 3.63) is 33.3 Å². The predicted octanol–water partition coefficient (Wildman–Crippen LogP) is 1.77. The molecule has 1 aliphatic rings. The summed E-state index contributed by atoms with van der Waals surface area (Å²) in [4.78, 5) is 21.2. The minimum absolute atomic E-state index is 0.0542. The van der Waals surface area contributed by atoms with E-state index in [4.69, 9.17) is 0 Å². The van der Waals surface area contributed by atoms with E-state index < -0.39 is 10.0 Å². The second kappa shape index (κ2) is 6.71. The van der Waals surface area contributed by atoms with E-state index in [1.165, 1.54) is 28.2 Å². The highest BCUT2D eigenvalue weighted by Gasteiger charge is 2.29. The normalized spacial score (nSPS) is 17.2. The fourth-order valence-electron chi connectivity index (χ4n) is 2.44. The number of aromatic nitrogens is 2. The molecule has 0 aromatic carbocycles. The van der Waals surface area contributed by atoms with Gasteiger partial charge in [0.05, 0.1) is 17.4 Å². The van der Waals surface area contributed by atoms with Crippen LogP contribution in [0.2, 0.25) is 0 Å². The van der Waals surface area contributed by atoms with Crippen molar-refractivity contribution in [3.63, 3.8) is 0 Å². The Morgan fingerprint density at radius 1 is 1.30 bits per heavy atom. The molecule has 0 radical (unpaired) electrons. The number of carbonyl (C=O) groups excluding carboxylic acids is 1. The van der Waals surface area contributed by atoms with Gasteiger partial charge in [0.15, 0.2) is 5.03 Å². The van der Waals surface area contributed by atoms with Crippen LogP contribution < -0.4 is 0 Å². The van der Waals surface area contributed by atoms with Crippen LogP contribution in [0.3, 0.4) is 0 Å². The molecule has 3 heterocycles. The number of thiophene rings is 1. The highest BCUT2D eigenvalue weighted by molar-refractivity contribution is 9.10. The van der Waals surface area contributed by atoms with Crippen molar-refractivity contribution in [2.24, 2.45) is 0 Å². The van der Waals surface area contributed by atoms with Crippen LogP contribution in [-0.2, 0) is 10.0 Å². The molecule has 1 fully saturated rings. The third kappa shape index (κ3) is 3.49. The minimum atomic E-state index is -3.58. The Balaban J connectivity index is 1.71. The number of hydrogen-bond donors (Lipinski definition) is 1. The first-order valence-corrected chi connectivity index (χ1v) is 10.1.